The summed E-state index contributed by atoms with van der Waals surface area (Å²) in [6, 6.07) is 9.85. The van der Waals surface area contributed by atoms with Gasteiger partial charge in [-0.3, -0.25) is 9.59 Å². The van der Waals surface area contributed by atoms with Crippen LogP contribution in [0.3, 0.4) is 0 Å². The number of rotatable bonds is 6. The molecule has 1 aromatic carbocycles. The third kappa shape index (κ3) is 4.07. The average molecular weight is 289 g/mol. The van der Waals surface area contributed by atoms with Crippen molar-refractivity contribution in [3.8, 4) is 11.5 Å². The summed E-state index contributed by atoms with van der Waals surface area (Å²) in [6.45, 7) is 0.590. The van der Waals surface area contributed by atoms with E-state index in [2.05, 4.69) is 15.5 Å². The molecule has 0 spiro atoms. The fourth-order valence-corrected chi connectivity index (χ4v) is 1.63. The van der Waals surface area contributed by atoms with E-state index in [-0.39, 0.29) is 23.8 Å². The van der Waals surface area contributed by atoms with Crippen molar-refractivity contribution in [1.29, 1.82) is 0 Å². The minimum absolute atomic E-state index is 0.145. The van der Waals surface area contributed by atoms with Crippen molar-refractivity contribution in [2.75, 3.05) is 20.3 Å². The number of ether oxygens (including phenoxy) is 2. The maximum absolute atomic E-state index is 11.7. The monoisotopic (exact) mass is 289 g/mol. The van der Waals surface area contributed by atoms with Gasteiger partial charge in [0.05, 0.1) is 13.7 Å². The van der Waals surface area contributed by atoms with Gasteiger partial charge in [0, 0.05) is 6.07 Å². The second kappa shape index (κ2) is 7.09. The van der Waals surface area contributed by atoms with Crippen LogP contribution in [0.4, 0.5) is 0 Å². The highest BCUT2D eigenvalue weighted by Gasteiger charge is 2.07. The molecule has 0 bridgehead atoms. The molecular formula is C14H15N3O4. The smallest absolute Gasteiger partial charge is 0.271 e. The summed E-state index contributed by atoms with van der Waals surface area (Å²) in [5.41, 5.74) is -0.210. The standard InChI is InChI=1S/C14H15N3O4/c1-20-11-4-2-3-5-12(11)21-9-8-15-14(19)10-6-7-13(18)17-16-10/h2-7H,8-9H2,1H3,(H,15,19)(H,17,18). The van der Waals surface area contributed by atoms with E-state index in [4.69, 9.17) is 9.47 Å². The number of aromatic nitrogens is 2. The van der Waals surface area contributed by atoms with Crippen molar-refractivity contribution in [1.82, 2.24) is 15.5 Å². The third-order valence-corrected chi connectivity index (χ3v) is 2.63. The molecule has 0 aliphatic rings. The van der Waals surface area contributed by atoms with Gasteiger partial charge in [-0.25, -0.2) is 5.10 Å². The Morgan fingerprint density at radius 3 is 2.67 bits per heavy atom. The van der Waals surface area contributed by atoms with Crippen LogP contribution in [0, 0.1) is 0 Å². The topological polar surface area (TPSA) is 93.3 Å². The van der Waals surface area contributed by atoms with E-state index in [1.165, 1.54) is 12.1 Å². The molecule has 0 aliphatic heterocycles. The lowest BCUT2D eigenvalue weighted by molar-refractivity contribution is 0.0940. The predicted molar refractivity (Wildman–Crippen MR) is 75.7 cm³/mol. The van der Waals surface area contributed by atoms with Gasteiger partial charge in [0.25, 0.3) is 11.5 Å². The first-order chi connectivity index (χ1) is 10.2. The van der Waals surface area contributed by atoms with E-state index in [1.54, 1.807) is 19.2 Å². The van der Waals surface area contributed by atoms with E-state index in [1.807, 2.05) is 12.1 Å². The Morgan fingerprint density at radius 2 is 2.00 bits per heavy atom. The molecule has 0 atom stereocenters. The molecular weight excluding hydrogens is 274 g/mol. The number of nitrogens with one attached hydrogen (secondary N) is 2. The Labute approximate surface area is 120 Å². The Morgan fingerprint density at radius 1 is 1.24 bits per heavy atom. The van der Waals surface area contributed by atoms with Crippen LogP contribution in [0.2, 0.25) is 0 Å². The molecule has 1 aromatic heterocycles. The first-order valence-corrected chi connectivity index (χ1v) is 6.30. The van der Waals surface area contributed by atoms with Crippen molar-refractivity contribution in [2.45, 2.75) is 0 Å². The molecule has 0 unspecified atom stereocenters. The zero-order valence-corrected chi connectivity index (χ0v) is 11.5. The quantitative estimate of drug-likeness (QED) is 0.759. The highest BCUT2D eigenvalue weighted by molar-refractivity contribution is 5.91. The van der Waals surface area contributed by atoms with Crippen molar-refractivity contribution in [2.24, 2.45) is 0 Å². The van der Waals surface area contributed by atoms with Gasteiger partial charge in [-0.1, -0.05) is 12.1 Å². The van der Waals surface area contributed by atoms with Crippen molar-refractivity contribution in [3.63, 3.8) is 0 Å². The number of benzene rings is 1. The number of methoxy groups -OCH3 is 1. The highest BCUT2D eigenvalue weighted by Crippen LogP contribution is 2.25. The number of carbonyl (C=O) groups excluding carboxylic acids is 1. The molecule has 0 saturated heterocycles. The summed E-state index contributed by atoms with van der Waals surface area (Å²) in [4.78, 5) is 22.6. The van der Waals surface area contributed by atoms with E-state index in [0.29, 0.717) is 18.0 Å². The van der Waals surface area contributed by atoms with Crippen LogP contribution in [-0.4, -0.2) is 36.4 Å². The number of amides is 1. The lowest BCUT2D eigenvalue weighted by Gasteiger charge is -2.10. The first-order valence-electron chi connectivity index (χ1n) is 6.30. The van der Waals surface area contributed by atoms with E-state index < -0.39 is 0 Å². The predicted octanol–water partition coefficient (Wildman–Crippen LogP) is 0.587. The molecule has 7 nitrogen and oxygen atoms in total. The van der Waals surface area contributed by atoms with E-state index in [9.17, 15) is 9.59 Å². The molecule has 1 amide bonds. The Kier molecular flexibility index (Phi) is 4.92. The normalized spacial score (nSPS) is 9.95. The van der Waals surface area contributed by atoms with E-state index in [0.717, 1.165) is 0 Å². The van der Waals surface area contributed by atoms with Gasteiger partial charge in [-0.05, 0) is 18.2 Å². The molecule has 2 rings (SSSR count). The Bertz CT molecular complexity index is 649. The Hall–Kier alpha value is -2.83. The molecule has 1 heterocycles. The highest BCUT2D eigenvalue weighted by atomic mass is 16.5. The van der Waals surface area contributed by atoms with Crippen LogP contribution >= 0.6 is 0 Å². The minimum atomic E-state index is -0.380. The molecule has 2 aromatic rings. The van der Waals surface area contributed by atoms with Crippen molar-refractivity contribution >= 4 is 5.91 Å². The number of hydrogen-bond donors (Lipinski definition) is 2. The number of hydrogen-bond acceptors (Lipinski definition) is 5. The van der Waals surface area contributed by atoms with Gasteiger partial charge in [0.15, 0.2) is 11.5 Å². The number of H-pyrrole nitrogens is 1. The number of carbonyl (C=O) groups is 1. The van der Waals surface area contributed by atoms with Gasteiger partial charge in [-0.15, -0.1) is 0 Å². The van der Waals surface area contributed by atoms with Crippen LogP contribution in [0.1, 0.15) is 10.5 Å². The number of nitrogens with zero attached hydrogens (tertiary/aromatic N) is 1. The molecule has 0 saturated carbocycles. The summed E-state index contributed by atoms with van der Waals surface area (Å²) in [7, 11) is 1.56. The number of para-hydroxylation sites is 2. The Balaban J connectivity index is 1.80. The fraction of sp³-hybridized carbons (Fsp3) is 0.214. The van der Waals surface area contributed by atoms with Crippen LogP contribution in [0.15, 0.2) is 41.2 Å². The summed E-state index contributed by atoms with van der Waals surface area (Å²) in [6.07, 6.45) is 0. The van der Waals surface area contributed by atoms with Gasteiger partial charge in [-0.2, -0.15) is 5.10 Å². The zero-order valence-electron chi connectivity index (χ0n) is 11.5. The van der Waals surface area contributed by atoms with Crippen molar-refractivity contribution in [3.05, 3.63) is 52.4 Å². The summed E-state index contributed by atoms with van der Waals surface area (Å²) in [5.74, 6) is 0.859. The lowest BCUT2D eigenvalue weighted by atomic mass is 10.3. The molecule has 0 aliphatic carbocycles. The molecule has 0 fully saturated rings. The van der Waals surface area contributed by atoms with E-state index >= 15 is 0 Å². The second-order valence-corrected chi connectivity index (χ2v) is 4.06. The number of aromatic amines is 1. The molecule has 2 N–H and O–H groups in total. The molecule has 7 heteroatoms. The molecule has 0 radical (unpaired) electrons. The van der Waals surface area contributed by atoms with Gasteiger partial charge in [0.1, 0.15) is 12.3 Å². The van der Waals surface area contributed by atoms with Gasteiger partial charge >= 0.3 is 0 Å². The van der Waals surface area contributed by atoms with Gasteiger partial charge < -0.3 is 14.8 Å². The van der Waals surface area contributed by atoms with Crippen LogP contribution in [0.5, 0.6) is 11.5 Å². The maximum atomic E-state index is 11.7. The average Bonchev–Trinajstić information content (AvgIpc) is 2.52. The minimum Gasteiger partial charge on any atom is -0.493 e. The fourth-order valence-electron chi connectivity index (χ4n) is 1.63. The lowest BCUT2D eigenvalue weighted by Crippen LogP contribution is -2.29. The summed E-state index contributed by atoms with van der Waals surface area (Å²) >= 11 is 0. The summed E-state index contributed by atoms with van der Waals surface area (Å²) in [5, 5.41) is 8.47. The summed E-state index contributed by atoms with van der Waals surface area (Å²) < 4.78 is 10.7. The van der Waals surface area contributed by atoms with Crippen LogP contribution in [0.25, 0.3) is 0 Å². The van der Waals surface area contributed by atoms with Crippen LogP contribution < -0.4 is 20.3 Å². The molecule has 21 heavy (non-hydrogen) atoms. The third-order valence-electron chi connectivity index (χ3n) is 2.63. The van der Waals surface area contributed by atoms with Crippen molar-refractivity contribution < 1.29 is 14.3 Å². The zero-order chi connectivity index (χ0) is 15.1. The maximum Gasteiger partial charge on any atom is 0.271 e. The largest absolute Gasteiger partial charge is 0.493 e. The molecule has 110 valence electrons. The first kappa shape index (κ1) is 14.6. The SMILES string of the molecule is COc1ccccc1OCCNC(=O)c1ccc(=O)[nH]n1. The van der Waals surface area contributed by atoms with Crippen LogP contribution in [-0.2, 0) is 0 Å². The second-order valence-electron chi connectivity index (χ2n) is 4.06. The van der Waals surface area contributed by atoms with Gasteiger partial charge in [0.2, 0.25) is 0 Å².